The molecule has 6 nitrogen and oxygen atoms in total. The maximum absolute atomic E-state index is 12.9. The van der Waals surface area contributed by atoms with Gasteiger partial charge in [-0.25, -0.2) is 0 Å². The third kappa shape index (κ3) is 2.49. The van der Waals surface area contributed by atoms with Crippen LogP contribution >= 0.6 is 11.6 Å². The van der Waals surface area contributed by atoms with E-state index in [-0.39, 0.29) is 22.2 Å². The van der Waals surface area contributed by atoms with Crippen LogP contribution in [-0.2, 0) is 5.72 Å². The average Bonchev–Trinajstić information content (AvgIpc) is 2.76. The number of aliphatic hydroxyl groups is 1. The number of halogens is 1. The summed E-state index contributed by atoms with van der Waals surface area (Å²) in [5.41, 5.74) is -1.88. The van der Waals surface area contributed by atoms with Crippen molar-refractivity contribution in [3.63, 3.8) is 0 Å². The maximum atomic E-state index is 12.9. The van der Waals surface area contributed by atoms with Gasteiger partial charge in [-0.3, -0.25) is 19.8 Å². The molecule has 2 aromatic carbocycles. The third-order valence-electron chi connectivity index (χ3n) is 4.28. The zero-order valence-electron chi connectivity index (χ0n) is 14.0. The van der Waals surface area contributed by atoms with E-state index in [2.05, 4.69) is 0 Å². The van der Waals surface area contributed by atoms with Crippen LogP contribution in [0.2, 0.25) is 5.02 Å². The number of nitro benzene ring substituents is 1. The Bertz CT molecular complexity index is 891. The monoisotopic (exact) mass is 360 g/mol. The van der Waals surface area contributed by atoms with Crippen molar-refractivity contribution in [2.45, 2.75) is 32.0 Å². The molecule has 0 saturated carbocycles. The highest BCUT2D eigenvalue weighted by Gasteiger charge is 2.54. The second-order valence-electron chi connectivity index (χ2n) is 6.95. The first-order valence-electron chi connectivity index (χ1n) is 7.69. The molecule has 0 spiro atoms. The van der Waals surface area contributed by atoms with Gasteiger partial charge in [0, 0.05) is 28.3 Å². The number of benzene rings is 2. The average molecular weight is 361 g/mol. The van der Waals surface area contributed by atoms with E-state index in [1.165, 1.54) is 23.1 Å². The lowest BCUT2D eigenvalue weighted by molar-refractivity contribution is -0.384. The van der Waals surface area contributed by atoms with Crippen molar-refractivity contribution in [2.24, 2.45) is 0 Å². The fraction of sp³-hybridized carbons (Fsp3) is 0.278. The molecule has 7 heteroatoms. The molecule has 1 N–H and O–H groups in total. The molecule has 130 valence electrons. The zero-order valence-corrected chi connectivity index (χ0v) is 14.7. The molecule has 0 aliphatic carbocycles. The number of amides is 1. The van der Waals surface area contributed by atoms with E-state index >= 15 is 0 Å². The molecule has 0 aromatic heterocycles. The normalized spacial score (nSPS) is 19.9. The Balaban J connectivity index is 2.32. The molecule has 1 heterocycles. The molecule has 2 aromatic rings. The lowest BCUT2D eigenvalue weighted by atomic mass is 9.91. The van der Waals surface area contributed by atoms with Gasteiger partial charge in [-0.1, -0.05) is 35.9 Å². The van der Waals surface area contributed by atoms with E-state index in [0.29, 0.717) is 11.1 Å². The number of nitro groups is 1. The first-order valence-corrected chi connectivity index (χ1v) is 8.07. The lowest BCUT2D eigenvalue weighted by Gasteiger charge is -2.43. The van der Waals surface area contributed by atoms with Crippen molar-refractivity contribution in [3.05, 3.63) is 74.3 Å². The minimum absolute atomic E-state index is 0.0303. The first kappa shape index (κ1) is 17.4. The van der Waals surface area contributed by atoms with E-state index in [1.54, 1.807) is 45.0 Å². The van der Waals surface area contributed by atoms with Gasteiger partial charge in [0.1, 0.15) is 5.02 Å². The van der Waals surface area contributed by atoms with E-state index < -0.39 is 16.2 Å². The predicted octanol–water partition coefficient (Wildman–Crippen LogP) is 3.70. The summed E-state index contributed by atoms with van der Waals surface area (Å²) < 4.78 is 0. The Kier molecular flexibility index (Phi) is 3.85. The minimum Gasteiger partial charge on any atom is -0.363 e. The van der Waals surface area contributed by atoms with Gasteiger partial charge >= 0.3 is 0 Å². The topological polar surface area (TPSA) is 83.7 Å². The molecule has 0 fully saturated rings. The fourth-order valence-corrected chi connectivity index (χ4v) is 3.49. The summed E-state index contributed by atoms with van der Waals surface area (Å²) in [6, 6.07) is 10.8. The molecular formula is C18H17ClN2O4. The van der Waals surface area contributed by atoms with Crippen molar-refractivity contribution in [1.82, 2.24) is 4.90 Å². The molecule has 0 radical (unpaired) electrons. The van der Waals surface area contributed by atoms with Crippen LogP contribution in [0.5, 0.6) is 0 Å². The van der Waals surface area contributed by atoms with Crippen LogP contribution in [0.15, 0.2) is 42.5 Å². The molecule has 25 heavy (non-hydrogen) atoms. The van der Waals surface area contributed by atoms with Crippen LogP contribution in [0.25, 0.3) is 0 Å². The van der Waals surface area contributed by atoms with E-state index in [1.807, 2.05) is 0 Å². The Morgan fingerprint density at radius 1 is 1.20 bits per heavy atom. The summed E-state index contributed by atoms with van der Waals surface area (Å²) in [4.78, 5) is 24.9. The summed E-state index contributed by atoms with van der Waals surface area (Å²) in [6.07, 6.45) is 0. The van der Waals surface area contributed by atoms with Gasteiger partial charge in [0.05, 0.1) is 4.92 Å². The molecule has 0 saturated heterocycles. The van der Waals surface area contributed by atoms with Gasteiger partial charge in [-0.2, -0.15) is 0 Å². The van der Waals surface area contributed by atoms with Crippen molar-refractivity contribution < 1.29 is 14.8 Å². The van der Waals surface area contributed by atoms with Crippen molar-refractivity contribution >= 4 is 23.2 Å². The van der Waals surface area contributed by atoms with Crippen LogP contribution in [0.3, 0.4) is 0 Å². The summed E-state index contributed by atoms with van der Waals surface area (Å²) in [5.74, 6) is -0.330. The smallest absolute Gasteiger partial charge is 0.288 e. The standard InChI is InChI=1S/C18H17ClN2O4/c1-17(2,3)20-16(22)12-6-4-5-7-13(12)18(20,23)11-8-9-14(19)15(10-11)21(24)25/h4-10,23H,1-3H3. The van der Waals surface area contributed by atoms with E-state index in [9.17, 15) is 20.0 Å². The molecule has 3 rings (SSSR count). The molecule has 1 atom stereocenters. The fourth-order valence-electron chi connectivity index (χ4n) is 3.31. The zero-order chi connectivity index (χ0) is 18.6. The number of hydrogen-bond acceptors (Lipinski definition) is 4. The number of nitrogens with zero attached hydrogens (tertiary/aromatic N) is 2. The lowest BCUT2D eigenvalue weighted by Crippen LogP contribution is -2.54. The number of carbonyl (C=O) groups is 1. The number of fused-ring (bicyclic) bond motifs is 1. The number of rotatable bonds is 2. The maximum Gasteiger partial charge on any atom is 0.288 e. The highest BCUT2D eigenvalue weighted by molar-refractivity contribution is 6.32. The molecular weight excluding hydrogens is 344 g/mol. The van der Waals surface area contributed by atoms with Gasteiger partial charge in [-0.05, 0) is 32.9 Å². The van der Waals surface area contributed by atoms with Gasteiger partial charge in [0.15, 0.2) is 5.72 Å². The SMILES string of the molecule is CC(C)(C)N1C(=O)c2ccccc2C1(O)c1ccc(Cl)c([N+](=O)[O-])c1. The number of carbonyl (C=O) groups excluding carboxylic acids is 1. The number of hydrogen-bond donors (Lipinski definition) is 1. The summed E-state index contributed by atoms with van der Waals surface area (Å²) in [5, 5.41) is 22.8. The van der Waals surface area contributed by atoms with Crippen LogP contribution in [0, 0.1) is 10.1 Å². The van der Waals surface area contributed by atoms with Crippen LogP contribution in [-0.4, -0.2) is 26.4 Å². The summed E-state index contributed by atoms with van der Waals surface area (Å²) in [6.45, 7) is 5.39. The van der Waals surface area contributed by atoms with Crippen molar-refractivity contribution in [3.8, 4) is 0 Å². The van der Waals surface area contributed by atoms with Gasteiger partial charge in [-0.15, -0.1) is 0 Å². The quantitative estimate of drug-likeness (QED) is 0.653. The van der Waals surface area contributed by atoms with Crippen molar-refractivity contribution in [1.29, 1.82) is 0 Å². The Morgan fingerprint density at radius 2 is 1.84 bits per heavy atom. The van der Waals surface area contributed by atoms with Gasteiger partial charge in [0.2, 0.25) is 0 Å². The highest BCUT2D eigenvalue weighted by atomic mass is 35.5. The van der Waals surface area contributed by atoms with Gasteiger partial charge < -0.3 is 5.11 Å². The second kappa shape index (κ2) is 5.54. The first-order chi connectivity index (χ1) is 11.6. The van der Waals surface area contributed by atoms with E-state index in [0.717, 1.165) is 0 Å². The Hall–Kier alpha value is -2.44. The molecule has 1 aliphatic heterocycles. The summed E-state index contributed by atoms with van der Waals surface area (Å²) >= 11 is 5.89. The largest absolute Gasteiger partial charge is 0.363 e. The van der Waals surface area contributed by atoms with Crippen LogP contribution in [0.4, 0.5) is 5.69 Å². The molecule has 1 aliphatic rings. The highest BCUT2D eigenvalue weighted by Crippen LogP contribution is 2.46. The Labute approximate surface area is 149 Å². The molecule has 1 amide bonds. The molecule has 0 bridgehead atoms. The third-order valence-corrected chi connectivity index (χ3v) is 4.60. The van der Waals surface area contributed by atoms with Crippen LogP contribution in [0.1, 0.15) is 42.3 Å². The summed E-state index contributed by atoms with van der Waals surface area (Å²) in [7, 11) is 0. The predicted molar refractivity (Wildman–Crippen MR) is 93.5 cm³/mol. The second-order valence-corrected chi connectivity index (χ2v) is 7.36. The van der Waals surface area contributed by atoms with E-state index in [4.69, 9.17) is 11.6 Å². The Morgan fingerprint density at radius 3 is 2.44 bits per heavy atom. The van der Waals surface area contributed by atoms with Crippen LogP contribution < -0.4 is 0 Å². The van der Waals surface area contributed by atoms with Crippen molar-refractivity contribution in [2.75, 3.05) is 0 Å². The molecule has 1 unspecified atom stereocenters. The minimum atomic E-state index is -1.82. The van der Waals surface area contributed by atoms with Gasteiger partial charge in [0.25, 0.3) is 11.6 Å².